The molecule has 0 bridgehead atoms. The number of nitrogens with zero attached hydrogens (tertiary/aromatic N) is 6. The van der Waals surface area contributed by atoms with Crippen molar-refractivity contribution in [2.75, 3.05) is 17.7 Å². The van der Waals surface area contributed by atoms with Crippen LogP contribution in [-0.4, -0.2) is 37.9 Å². The minimum Gasteiger partial charge on any atom is -0.382 e. The number of aryl methyl sites for hydroxylation is 1. The van der Waals surface area contributed by atoms with Crippen LogP contribution in [0.5, 0.6) is 0 Å². The molecule has 0 aliphatic carbocycles. The van der Waals surface area contributed by atoms with Crippen LogP contribution in [-0.2, 0) is 6.54 Å². The first-order valence-electron chi connectivity index (χ1n) is 11.0. The van der Waals surface area contributed by atoms with E-state index >= 15 is 0 Å². The highest BCUT2D eigenvalue weighted by molar-refractivity contribution is 6.06. The number of anilines is 2. The molecule has 0 atom stereocenters. The van der Waals surface area contributed by atoms with Crippen molar-refractivity contribution < 1.29 is 9.32 Å². The second kappa shape index (κ2) is 9.22. The smallest absolute Gasteiger partial charge is 0.258 e. The van der Waals surface area contributed by atoms with Crippen molar-refractivity contribution in [2.24, 2.45) is 0 Å². The topological polar surface area (TPSA) is 116 Å². The fraction of sp³-hybridized carbons (Fsp3) is 0.115. The molecule has 174 valence electrons. The van der Waals surface area contributed by atoms with Gasteiger partial charge >= 0.3 is 0 Å². The van der Waals surface area contributed by atoms with Crippen molar-refractivity contribution in [1.82, 2.24) is 24.9 Å². The molecule has 9 heteroatoms. The SMILES string of the molecule is Cc1ccccc1Cn1nc(-c2ncc(N(C)C(=O)c3ccccc3)c(N)n2)cc1-c1ccon1. The normalized spacial score (nSPS) is 10.9. The predicted molar refractivity (Wildman–Crippen MR) is 133 cm³/mol. The van der Waals surface area contributed by atoms with Gasteiger partial charge in [0.1, 0.15) is 23.3 Å². The summed E-state index contributed by atoms with van der Waals surface area (Å²) in [4.78, 5) is 23.2. The minimum atomic E-state index is -0.204. The van der Waals surface area contributed by atoms with Crippen molar-refractivity contribution in [2.45, 2.75) is 13.5 Å². The molecule has 3 aromatic heterocycles. The van der Waals surface area contributed by atoms with E-state index in [1.54, 1.807) is 25.2 Å². The van der Waals surface area contributed by atoms with Crippen molar-refractivity contribution in [3.05, 3.63) is 95.9 Å². The van der Waals surface area contributed by atoms with Crippen LogP contribution in [0.1, 0.15) is 21.5 Å². The highest BCUT2D eigenvalue weighted by atomic mass is 16.5. The standard InChI is InChI=1S/C26H23N7O2/c1-17-8-6-7-11-19(17)16-33-22(20-12-13-35-31-20)14-21(30-33)25-28-15-23(24(27)29-25)32(2)26(34)18-9-4-3-5-10-18/h3-15H,16H2,1-2H3,(H2,27,28,29). The predicted octanol–water partition coefficient (Wildman–Crippen LogP) is 4.21. The lowest BCUT2D eigenvalue weighted by Crippen LogP contribution is -2.27. The van der Waals surface area contributed by atoms with Crippen LogP contribution >= 0.6 is 0 Å². The van der Waals surface area contributed by atoms with E-state index in [1.165, 1.54) is 17.4 Å². The van der Waals surface area contributed by atoms with E-state index in [1.807, 2.05) is 41.1 Å². The lowest BCUT2D eigenvalue weighted by Gasteiger charge is -2.18. The van der Waals surface area contributed by atoms with Gasteiger partial charge in [-0.15, -0.1) is 0 Å². The van der Waals surface area contributed by atoms with Crippen LogP contribution in [0.2, 0.25) is 0 Å². The van der Waals surface area contributed by atoms with Crippen LogP contribution in [0.3, 0.4) is 0 Å². The summed E-state index contributed by atoms with van der Waals surface area (Å²) in [7, 11) is 1.64. The fourth-order valence-electron chi connectivity index (χ4n) is 3.80. The van der Waals surface area contributed by atoms with Gasteiger partial charge in [0.05, 0.1) is 18.4 Å². The lowest BCUT2D eigenvalue weighted by atomic mass is 10.1. The van der Waals surface area contributed by atoms with Gasteiger partial charge in [0.15, 0.2) is 11.6 Å². The molecule has 0 unspecified atom stereocenters. The Balaban J connectivity index is 1.48. The Morgan fingerprint density at radius 3 is 2.54 bits per heavy atom. The Morgan fingerprint density at radius 2 is 1.83 bits per heavy atom. The summed E-state index contributed by atoms with van der Waals surface area (Å²) < 4.78 is 6.89. The molecule has 0 aliphatic heterocycles. The zero-order valence-corrected chi connectivity index (χ0v) is 19.3. The van der Waals surface area contributed by atoms with Crippen molar-refractivity contribution in [3.8, 4) is 22.9 Å². The van der Waals surface area contributed by atoms with E-state index in [0.717, 1.165) is 16.8 Å². The monoisotopic (exact) mass is 465 g/mol. The average Bonchev–Trinajstić information content (AvgIpc) is 3.55. The van der Waals surface area contributed by atoms with Gasteiger partial charge < -0.3 is 15.2 Å². The van der Waals surface area contributed by atoms with Crippen LogP contribution in [0.4, 0.5) is 11.5 Å². The first kappa shape index (κ1) is 22.0. The van der Waals surface area contributed by atoms with Gasteiger partial charge in [-0.05, 0) is 36.2 Å². The molecular formula is C26H23N7O2. The molecule has 0 aliphatic rings. The van der Waals surface area contributed by atoms with Crippen LogP contribution in [0.25, 0.3) is 22.9 Å². The first-order valence-corrected chi connectivity index (χ1v) is 11.0. The third kappa shape index (κ3) is 4.39. The number of carbonyl (C=O) groups excluding carboxylic acids is 1. The van der Waals surface area contributed by atoms with E-state index in [2.05, 4.69) is 34.2 Å². The average molecular weight is 466 g/mol. The third-order valence-electron chi connectivity index (χ3n) is 5.78. The number of hydrogen-bond acceptors (Lipinski definition) is 7. The Bertz CT molecular complexity index is 1480. The number of carbonyl (C=O) groups is 1. The number of aromatic nitrogens is 5. The number of benzene rings is 2. The largest absolute Gasteiger partial charge is 0.382 e. The molecule has 2 N–H and O–H groups in total. The number of nitrogen functional groups attached to an aromatic ring is 1. The van der Waals surface area contributed by atoms with Crippen LogP contribution in [0, 0.1) is 6.92 Å². The minimum absolute atomic E-state index is 0.179. The molecule has 0 saturated carbocycles. The van der Waals surface area contributed by atoms with E-state index in [9.17, 15) is 4.79 Å². The number of amides is 1. The van der Waals surface area contributed by atoms with Crippen molar-refractivity contribution >= 4 is 17.4 Å². The Morgan fingerprint density at radius 1 is 1.06 bits per heavy atom. The molecule has 35 heavy (non-hydrogen) atoms. The summed E-state index contributed by atoms with van der Waals surface area (Å²) in [6.07, 6.45) is 3.05. The van der Waals surface area contributed by atoms with E-state index in [4.69, 9.17) is 15.4 Å². The molecule has 9 nitrogen and oxygen atoms in total. The summed E-state index contributed by atoms with van der Waals surface area (Å²) in [6, 6.07) is 20.7. The van der Waals surface area contributed by atoms with Crippen LogP contribution in [0.15, 0.2) is 83.7 Å². The number of rotatable bonds is 6. The number of hydrogen-bond donors (Lipinski definition) is 1. The molecule has 2 aromatic carbocycles. The summed E-state index contributed by atoms with van der Waals surface area (Å²) in [5.74, 6) is 0.322. The Kier molecular flexibility index (Phi) is 5.80. The molecule has 0 radical (unpaired) electrons. The Hall–Kier alpha value is -4.79. The van der Waals surface area contributed by atoms with Gasteiger partial charge in [0, 0.05) is 18.7 Å². The van der Waals surface area contributed by atoms with Gasteiger partial charge in [0.25, 0.3) is 5.91 Å². The highest BCUT2D eigenvalue weighted by Gasteiger charge is 2.20. The maximum Gasteiger partial charge on any atom is 0.258 e. The third-order valence-corrected chi connectivity index (χ3v) is 5.78. The van der Waals surface area contributed by atoms with Crippen molar-refractivity contribution in [3.63, 3.8) is 0 Å². The quantitative estimate of drug-likeness (QED) is 0.399. The van der Waals surface area contributed by atoms with Gasteiger partial charge in [-0.25, -0.2) is 9.97 Å². The van der Waals surface area contributed by atoms with Gasteiger partial charge in [0.2, 0.25) is 0 Å². The van der Waals surface area contributed by atoms with Gasteiger partial charge in [-0.2, -0.15) is 5.10 Å². The van der Waals surface area contributed by atoms with Crippen molar-refractivity contribution in [1.29, 1.82) is 0 Å². The summed E-state index contributed by atoms with van der Waals surface area (Å²) in [5.41, 5.74) is 11.4. The second-order valence-corrected chi connectivity index (χ2v) is 8.08. The maximum absolute atomic E-state index is 12.8. The molecular weight excluding hydrogens is 442 g/mol. The lowest BCUT2D eigenvalue weighted by molar-refractivity contribution is 0.0993. The van der Waals surface area contributed by atoms with Gasteiger partial charge in [-0.3, -0.25) is 9.48 Å². The first-order chi connectivity index (χ1) is 17.0. The highest BCUT2D eigenvalue weighted by Crippen LogP contribution is 2.28. The van der Waals surface area contributed by atoms with Crippen LogP contribution < -0.4 is 10.6 Å². The summed E-state index contributed by atoms with van der Waals surface area (Å²) in [5, 5.41) is 8.82. The van der Waals surface area contributed by atoms with E-state index in [-0.39, 0.29) is 11.7 Å². The summed E-state index contributed by atoms with van der Waals surface area (Å²) >= 11 is 0. The van der Waals surface area contributed by atoms with E-state index in [0.29, 0.717) is 35.0 Å². The molecule has 5 rings (SSSR count). The number of nitrogens with two attached hydrogens (primary N) is 1. The molecule has 1 amide bonds. The zero-order valence-electron chi connectivity index (χ0n) is 19.3. The molecule has 3 heterocycles. The van der Waals surface area contributed by atoms with Gasteiger partial charge in [-0.1, -0.05) is 47.6 Å². The second-order valence-electron chi connectivity index (χ2n) is 8.08. The fourth-order valence-corrected chi connectivity index (χ4v) is 3.80. The molecule has 5 aromatic rings. The zero-order chi connectivity index (χ0) is 24.4. The van der Waals surface area contributed by atoms with E-state index < -0.39 is 0 Å². The molecule has 0 saturated heterocycles. The molecule has 0 spiro atoms. The summed E-state index contributed by atoms with van der Waals surface area (Å²) in [6.45, 7) is 2.60. The molecule has 0 fully saturated rings. The Labute approximate surface area is 201 Å². The maximum atomic E-state index is 12.8.